The molecule has 0 fully saturated rings. The molecule has 0 N–H and O–H groups in total. The zero-order chi connectivity index (χ0) is 33.7. The van der Waals surface area contributed by atoms with Crippen LogP contribution in [-0.4, -0.2) is 21.4 Å². The van der Waals surface area contributed by atoms with Crippen LogP contribution in [0.1, 0.15) is 0 Å². The highest BCUT2D eigenvalue weighted by Crippen LogP contribution is 2.36. The zero-order valence-corrected chi connectivity index (χ0v) is 27.3. The Morgan fingerprint density at radius 3 is 0.667 bits per heavy atom. The molecule has 6 nitrogen and oxygen atoms in total. The summed E-state index contributed by atoms with van der Waals surface area (Å²) < 4.78 is 36.4. The fraction of sp³-hybridized carbons (Fsp3) is 0. The van der Waals surface area contributed by atoms with Crippen molar-refractivity contribution in [2.45, 2.75) is 0 Å². The van der Waals surface area contributed by atoms with Gasteiger partial charge in [-0.15, -0.1) is 0 Å². The molecule has 0 amide bonds. The summed E-state index contributed by atoms with van der Waals surface area (Å²) in [6, 6.07) is 55.1. The molecule has 240 valence electrons. The molecule has 10 rings (SSSR count). The number of hydrogen-bond donors (Lipinski definition) is 0. The van der Waals surface area contributed by atoms with Crippen LogP contribution in [-0.2, 0) is 0 Å². The number of hydrogen-bond acceptors (Lipinski definition) is 6. The van der Waals surface area contributed by atoms with E-state index in [9.17, 15) is 0 Å². The number of fused-ring (bicyclic) bond motifs is 3. The Morgan fingerprint density at radius 2 is 0.451 bits per heavy atom. The average molecular weight is 660 g/mol. The fourth-order valence-electron chi connectivity index (χ4n) is 6.73. The Morgan fingerprint density at radius 1 is 0.235 bits per heavy atom. The van der Waals surface area contributed by atoms with Crippen LogP contribution in [0.4, 0.5) is 0 Å². The van der Waals surface area contributed by atoms with Crippen molar-refractivity contribution in [3.05, 3.63) is 164 Å². The number of benzene rings is 7. The van der Waals surface area contributed by atoms with Crippen LogP contribution < -0.4 is 44.3 Å². The second-order valence-electron chi connectivity index (χ2n) is 12.7. The molecular weight excluding hydrogens is 633 g/mol. The van der Waals surface area contributed by atoms with Gasteiger partial charge >= 0.3 is 21.4 Å². The summed E-state index contributed by atoms with van der Waals surface area (Å²) in [6.07, 6.45) is 0. The molecule has 0 unspecified atom stereocenters. The second-order valence-corrected chi connectivity index (χ2v) is 12.7. The molecular formula is C42H27B3O6. The summed E-state index contributed by atoms with van der Waals surface area (Å²) >= 11 is 0. The highest BCUT2D eigenvalue weighted by Gasteiger charge is 2.35. The summed E-state index contributed by atoms with van der Waals surface area (Å²) in [6.45, 7) is 0. The first-order valence-electron chi connectivity index (χ1n) is 16.9. The molecule has 0 atom stereocenters. The van der Waals surface area contributed by atoms with Gasteiger partial charge in [0.25, 0.3) is 0 Å². The molecule has 9 heteroatoms. The smallest absolute Gasteiger partial charge is 0.519 e. The van der Waals surface area contributed by atoms with Gasteiger partial charge in [-0.1, -0.05) is 109 Å². The van der Waals surface area contributed by atoms with Gasteiger partial charge in [-0.3, -0.25) is 0 Å². The molecule has 0 radical (unpaired) electrons. The van der Waals surface area contributed by atoms with Crippen molar-refractivity contribution in [3.63, 3.8) is 0 Å². The van der Waals surface area contributed by atoms with Gasteiger partial charge < -0.3 is 27.9 Å². The highest BCUT2D eigenvalue weighted by molar-refractivity contribution is 6.64. The van der Waals surface area contributed by atoms with Gasteiger partial charge in [-0.2, -0.15) is 0 Å². The quantitative estimate of drug-likeness (QED) is 0.176. The van der Waals surface area contributed by atoms with Crippen LogP contribution in [0.2, 0.25) is 0 Å². The van der Waals surface area contributed by atoms with Crippen LogP contribution in [0, 0.1) is 0 Å². The molecule has 0 bridgehead atoms. The maximum Gasteiger partial charge on any atom is 0.632 e. The molecule has 0 saturated carbocycles. The van der Waals surface area contributed by atoms with E-state index in [0.29, 0.717) is 0 Å². The Balaban J connectivity index is 0.965. The van der Waals surface area contributed by atoms with Crippen LogP contribution in [0.15, 0.2) is 164 Å². The summed E-state index contributed by atoms with van der Waals surface area (Å²) in [7, 11) is -1.43. The Hall–Kier alpha value is -6.47. The lowest BCUT2D eigenvalue weighted by Gasteiger charge is -2.13. The fourth-order valence-corrected chi connectivity index (χ4v) is 6.73. The molecule has 0 spiro atoms. The predicted molar refractivity (Wildman–Crippen MR) is 202 cm³/mol. The monoisotopic (exact) mass is 660 g/mol. The van der Waals surface area contributed by atoms with Gasteiger partial charge in [-0.25, -0.2) is 0 Å². The lowest BCUT2D eigenvalue weighted by atomic mass is 9.78. The number of para-hydroxylation sites is 6. The van der Waals surface area contributed by atoms with Crippen molar-refractivity contribution in [2.75, 3.05) is 0 Å². The first kappa shape index (κ1) is 29.5. The van der Waals surface area contributed by atoms with Crippen molar-refractivity contribution < 1.29 is 27.9 Å². The van der Waals surface area contributed by atoms with Crippen molar-refractivity contribution >= 4 is 37.7 Å². The summed E-state index contributed by atoms with van der Waals surface area (Å²) in [5, 5.41) is 0. The maximum atomic E-state index is 6.06. The molecule has 7 aromatic rings. The van der Waals surface area contributed by atoms with Crippen molar-refractivity contribution in [1.29, 1.82) is 0 Å². The third-order valence-electron chi connectivity index (χ3n) is 9.43. The summed E-state index contributed by atoms with van der Waals surface area (Å²) in [5.74, 6) is 4.54. The van der Waals surface area contributed by atoms with Crippen LogP contribution in [0.25, 0.3) is 33.4 Å². The zero-order valence-electron chi connectivity index (χ0n) is 27.3. The minimum Gasteiger partial charge on any atom is -0.519 e. The molecule has 3 heterocycles. The van der Waals surface area contributed by atoms with Crippen molar-refractivity contribution in [3.8, 4) is 67.9 Å². The Labute approximate surface area is 296 Å². The van der Waals surface area contributed by atoms with Gasteiger partial charge in [0.2, 0.25) is 0 Å². The molecule has 51 heavy (non-hydrogen) atoms. The summed E-state index contributed by atoms with van der Waals surface area (Å²) in [4.78, 5) is 0. The topological polar surface area (TPSA) is 55.4 Å². The Kier molecular flexibility index (Phi) is 7.01. The third-order valence-corrected chi connectivity index (χ3v) is 9.43. The van der Waals surface area contributed by atoms with Gasteiger partial charge in [0.15, 0.2) is 0 Å². The van der Waals surface area contributed by atoms with Crippen LogP contribution in [0.5, 0.6) is 34.5 Å². The molecule has 3 aliphatic heterocycles. The van der Waals surface area contributed by atoms with E-state index in [-0.39, 0.29) is 0 Å². The molecule has 7 aromatic carbocycles. The lowest BCUT2D eigenvalue weighted by Crippen LogP contribution is -2.38. The van der Waals surface area contributed by atoms with E-state index in [4.69, 9.17) is 27.9 Å². The minimum absolute atomic E-state index is 0.475. The van der Waals surface area contributed by atoms with E-state index < -0.39 is 21.4 Å². The largest absolute Gasteiger partial charge is 0.632 e. The highest BCUT2D eigenvalue weighted by atomic mass is 16.6. The van der Waals surface area contributed by atoms with E-state index in [1.165, 1.54) is 0 Å². The lowest BCUT2D eigenvalue weighted by molar-refractivity contribution is 0.518. The predicted octanol–water partition coefficient (Wildman–Crippen LogP) is 7.19. The van der Waals surface area contributed by atoms with Gasteiger partial charge in [-0.05, 0) is 88.0 Å². The van der Waals surface area contributed by atoms with Gasteiger partial charge in [0.1, 0.15) is 34.5 Å². The minimum atomic E-state index is -0.475. The number of rotatable bonds is 6. The molecule has 0 aromatic heterocycles. The van der Waals surface area contributed by atoms with Crippen molar-refractivity contribution in [1.82, 2.24) is 0 Å². The van der Waals surface area contributed by atoms with E-state index in [0.717, 1.165) is 84.3 Å². The van der Waals surface area contributed by atoms with Gasteiger partial charge in [0.05, 0.1) is 0 Å². The average Bonchev–Trinajstić information content (AvgIpc) is 3.95. The van der Waals surface area contributed by atoms with Crippen LogP contribution in [0.3, 0.4) is 0 Å². The molecule has 3 aliphatic rings. The first-order valence-corrected chi connectivity index (χ1v) is 16.9. The SMILES string of the molecule is c1ccc2c(c1)OB(c1ccc(-c3cc(-c4ccc(B5Oc6ccccc6O5)cc4)cc(-c4ccc(B5Oc6ccccc6O5)cc4)c3)cc1)O2. The Bertz CT molecular complexity index is 2040. The summed E-state index contributed by atoms with van der Waals surface area (Å²) in [5.41, 5.74) is 9.39. The molecule has 0 aliphatic carbocycles. The second kappa shape index (κ2) is 12.1. The van der Waals surface area contributed by atoms with E-state index in [2.05, 4.69) is 91.0 Å². The third kappa shape index (κ3) is 5.53. The normalized spacial score (nSPS) is 13.5. The van der Waals surface area contributed by atoms with Gasteiger partial charge in [0, 0.05) is 16.4 Å². The standard InChI is InChI=1S/C42H27B3O6/c1-2-8-38-37(7-1)46-43(47-38)34-19-13-28(14-20-34)31-25-32(29-15-21-35(22-16-29)44-48-39-9-3-4-10-40(39)49-44)27-33(26-31)30-17-23-36(24-18-30)45-50-41-11-5-6-12-42(41)51-45/h1-27H. The molecule has 0 saturated heterocycles. The van der Waals surface area contributed by atoms with E-state index in [1.54, 1.807) is 0 Å². The first-order chi connectivity index (χ1) is 25.2. The van der Waals surface area contributed by atoms with E-state index in [1.807, 2.05) is 72.8 Å². The van der Waals surface area contributed by atoms with E-state index >= 15 is 0 Å². The van der Waals surface area contributed by atoms with Crippen molar-refractivity contribution in [2.24, 2.45) is 0 Å². The van der Waals surface area contributed by atoms with Crippen LogP contribution >= 0.6 is 0 Å². The maximum absolute atomic E-state index is 6.06.